The fourth-order valence-electron chi connectivity index (χ4n) is 6.88. The minimum atomic E-state index is -2.33. The highest BCUT2D eigenvalue weighted by Crippen LogP contribution is 2.38. The highest BCUT2D eigenvalue weighted by molar-refractivity contribution is 6.76. The van der Waals surface area contributed by atoms with Crippen LogP contribution in [0.25, 0.3) is 0 Å². The van der Waals surface area contributed by atoms with Crippen molar-refractivity contribution in [3.8, 4) is 0 Å². The first-order valence-electron chi connectivity index (χ1n) is 19.6. The number of esters is 3. The molecule has 2 fully saturated rings. The number of rotatable bonds is 16. The molecule has 4 aromatic rings. The van der Waals surface area contributed by atoms with E-state index in [4.69, 9.17) is 87.6 Å². The van der Waals surface area contributed by atoms with Gasteiger partial charge < -0.3 is 47.4 Å². The van der Waals surface area contributed by atoms with Gasteiger partial charge in [-0.05, 0) is 35.7 Å². The van der Waals surface area contributed by atoms with E-state index in [-0.39, 0.29) is 25.4 Å². The third-order valence-electron chi connectivity index (χ3n) is 9.85. The molecule has 2 saturated heterocycles. The van der Waals surface area contributed by atoms with E-state index in [9.17, 15) is 14.4 Å². The van der Waals surface area contributed by atoms with Gasteiger partial charge in [0.1, 0.15) is 24.4 Å². The van der Waals surface area contributed by atoms with Crippen LogP contribution >= 0.6 is 34.8 Å². The number of hydrogen-bond acceptors (Lipinski definition) is 14. The molecule has 0 radical (unpaired) electrons. The molecule has 14 nitrogen and oxygen atoms in total. The molecule has 2 aliphatic rings. The van der Waals surface area contributed by atoms with Crippen molar-refractivity contribution in [3.63, 3.8) is 0 Å². The summed E-state index contributed by atoms with van der Waals surface area (Å²) < 4.78 is 59.5. The maximum Gasteiger partial charge on any atom is 0.338 e. The van der Waals surface area contributed by atoms with Crippen LogP contribution in [0.1, 0.15) is 40.9 Å². The van der Waals surface area contributed by atoms with E-state index >= 15 is 0 Å². The maximum atomic E-state index is 13.8. The number of carbonyl (C=O) groups excluding carboxylic acids is 3. The Bertz CT molecular complexity index is 2060. The number of benzene rings is 4. The third-order valence-corrected chi connectivity index (χ3v) is 10.4. The molecule has 0 spiro atoms. The van der Waals surface area contributed by atoms with Crippen molar-refractivity contribution < 1.29 is 61.8 Å². The minimum Gasteiger partial charge on any atom is -0.467 e. The molecule has 0 saturated carbocycles. The maximum absolute atomic E-state index is 13.8. The summed E-state index contributed by atoms with van der Waals surface area (Å²) in [6.07, 6.45) is -13.7. The Morgan fingerprint density at radius 1 is 0.597 bits per heavy atom. The Hall–Kier alpha value is -4.61. The number of halogens is 3. The lowest BCUT2D eigenvalue weighted by atomic mass is 9.95. The van der Waals surface area contributed by atoms with Crippen LogP contribution in [0, 0.1) is 5.41 Å². The Morgan fingerprint density at radius 2 is 1.06 bits per heavy atom. The van der Waals surface area contributed by atoms with Crippen LogP contribution in [-0.2, 0) is 76.8 Å². The summed E-state index contributed by atoms with van der Waals surface area (Å²) in [6.45, 7) is 2.75. The van der Waals surface area contributed by atoms with Gasteiger partial charge >= 0.3 is 17.9 Å². The zero-order valence-electron chi connectivity index (χ0n) is 33.9. The van der Waals surface area contributed by atoms with Crippen molar-refractivity contribution in [3.05, 3.63) is 144 Å². The topological polar surface area (TPSA) is 167 Å². The minimum absolute atomic E-state index is 0.00577. The van der Waals surface area contributed by atoms with Crippen molar-refractivity contribution in [2.75, 3.05) is 7.11 Å². The molecule has 0 unspecified atom stereocenters. The van der Waals surface area contributed by atoms with E-state index in [0.29, 0.717) is 0 Å². The van der Waals surface area contributed by atoms with Gasteiger partial charge in [0.25, 0.3) is 3.79 Å². The molecule has 1 N–H and O–H groups in total. The predicted octanol–water partition coefficient (Wildman–Crippen LogP) is 7.29. The van der Waals surface area contributed by atoms with E-state index in [1.807, 2.05) is 91.0 Å². The number of carbonyl (C=O) groups is 3. The van der Waals surface area contributed by atoms with Crippen LogP contribution in [0.3, 0.4) is 0 Å². The molecule has 0 bridgehead atoms. The van der Waals surface area contributed by atoms with Gasteiger partial charge in [0.15, 0.2) is 24.6 Å². The number of nitrogens with one attached hydrogen (secondary N) is 1. The zero-order chi connectivity index (χ0) is 44.2. The summed E-state index contributed by atoms with van der Waals surface area (Å²) in [4.78, 5) is 40.3. The lowest BCUT2D eigenvalue weighted by Gasteiger charge is -2.48. The number of ether oxygens (including phenoxy) is 10. The smallest absolute Gasteiger partial charge is 0.338 e. The first kappa shape index (κ1) is 46.9. The Morgan fingerprint density at radius 3 is 1.53 bits per heavy atom. The fraction of sp³-hybridized carbons (Fsp3) is 0.378. The molecule has 0 amide bonds. The van der Waals surface area contributed by atoms with E-state index in [2.05, 4.69) is 0 Å². The lowest BCUT2D eigenvalue weighted by Crippen LogP contribution is -2.67. The standard InChI is InChI=1S/C45H46Cl3NO13/c1-27-33(59-40(51)32-22-14-7-15-23-32)34(54-24-29-16-8-4-9-17-29)39(58-28(2)50)43(57-27)60-36-35(55-25-30-18-10-5-11-19-30)38(56-26-31-20-12-6-13-21-31)42(61-37(36)41(52)53-3)62-44(49)45(46,47)48/h4-23,27,33-39,42-43,49H,24-26H2,1-3H3/t27-,33-,34+,35-,36+,37-,38+,39+,42+,43-/m0/s1. The van der Waals surface area contributed by atoms with Crippen LogP contribution in [0.4, 0.5) is 0 Å². The Kier molecular flexibility index (Phi) is 16.7. The van der Waals surface area contributed by atoms with Crippen LogP contribution in [0.2, 0.25) is 0 Å². The number of methoxy groups -OCH3 is 1. The zero-order valence-corrected chi connectivity index (χ0v) is 36.2. The van der Waals surface area contributed by atoms with Crippen molar-refractivity contribution >= 4 is 58.6 Å². The van der Waals surface area contributed by atoms with E-state index in [1.165, 1.54) is 6.92 Å². The molecule has 17 heteroatoms. The van der Waals surface area contributed by atoms with Gasteiger partial charge in [-0.3, -0.25) is 10.2 Å². The normalized spacial score (nSPS) is 26.2. The summed E-state index contributed by atoms with van der Waals surface area (Å²) >= 11 is 18.1. The van der Waals surface area contributed by atoms with Crippen molar-refractivity contribution in [1.82, 2.24) is 0 Å². The monoisotopic (exact) mass is 913 g/mol. The van der Waals surface area contributed by atoms with Gasteiger partial charge in [-0.2, -0.15) is 0 Å². The van der Waals surface area contributed by atoms with Crippen molar-refractivity contribution in [2.45, 2.75) is 98.9 Å². The number of alkyl halides is 3. The average Bonchev–Trinajstić information content (AvgIpc) is 3.27. The van der Waals surface area contributed by atoms with Crippen LogP contribution in [0.15, 0.2) is 121 Å². The molecule has 62 heavy (non-hydrogen) atoms. The van der Waals surface area contributed by atoms with Crippen molar-refractivity contribution in [2.24, 2.45) is 0 Å². The number of hydrogen-bond donors (Lipinski definition) is 1. The summed E-state index contributed by atoms with van der Waals surface area (Å²) in [6, 6.07) is 35.8. The molecule has 10 atom stereocenters. The second kappa shape index (κ2) is 22.1. The average molecular weight is 915 g/mol. The molecule has 0 aromatic heterocycles. The predicted molar refractivity (Wildman–Crippen MR) is 225 cm³/mol. The van der Waals surface area contributed by atoms with E-state index in [1.54, 1.807) is 37.3 Å². The summed E-state index contributed by atoms with van der Waals surface area (Å²) in [5.41, 5.74) is 2.51. The van der Waals surface area contributed by atoms with E-state index in [0.717, 1.165) is 23.8 Å². The van der Waals surface area contributed by atoms with E-state index < -0.39 is 89.0 Å². The molecule has 6 rings (SSSR count). The Labute approximate surface area is 373 Å². The van der Waals surface area contributed by atoms with Crippen LogP contribution in [0.5, 0.6) is 0 Å². The lowest BCUT2D eigenvalue weighted by molar-refractivity contribution is -0.357. The molecular formula is C45H46Cl3NO13. The first-order chi connectivity index (χ1) is 29.8. The SMILES string of the molecule is COC(=O)[C@H]1O[C@H](OC(=N)C(Cl)(Cl)Cl)[C@H](OCc2ccccc2)[C@@H](OCc2ccccc2)[C@H]1O[C@@H]1O[C@@H](C)[C@H](OC(=O)c2ccccc2)[C@@H](OCc2ccccc2)[C@H]1OC(C)=O. The molecule has 4 aromatic carbocycles. The Balaban J connectivity index is 1.41. The van der Waals surface area contributed by atoms with Gasteiger partial charge in [0.2, 0.25) is 12.2 Å². The highest BCUT2D eigenvalue weighted by atomic mass is 35.6. The van der Waals surface area contributed by atoms with Gasteiger partial charge in [-0.1, -0.05) is 144 Å². The van der Waals surface area contributed by atoms with Crippen LogP contribution < -0.4 is 0 Å². The second-order valence-electron chi connectivity index (χ2n) is 14.3. The molecule has 0 aliphatic carbocycles. The van der Waals surface area contributed by atoms with Crippen LogP contribution in [-0.4, -0.2) is 96.1 Å². The fourth-order valence-corrected chi connectivity index (χ4v) is 7.02. The molecule has 2 aliphatic heterocycles. The molecular weight excluding hydrogens is 869 g/mol. The third kappa shape index (κ3) is 12.5. The summed E-state index contributed by atoms with van der Waals surface area (Å²) in [5.74, 6) is -3.20. The van der Waals surface area contributed by atoms with Gasteiger partial charge in [0, 0.05) is 6.92 Å². The summed E-state index contributed by atoms with van der Waals surface area (Å²) in [5, 5.41) is 8.44. The van der Waals surface area contributed by atoms with Gasteiger partial charge in [-0.25, -0.2) is 9.59 Å². The van der Waals surface area contributed by atoms with Crippen molar-refractivity contribution in [1.29, 1.82) is 5.41 Å². The molecule has 330 valence electrons. The quantitative estimate of drug-likeness (QED) is 0.0392. The largest absolute Gasteiger partial charge is 0.467 e. The van der Waals surface area contributed by atoms with Gasteiger partial charge in [0.05, 0.1) is 38.6 Å². The second-order valence-corrected chi connectivity index (χ2v) is 16.6. The highest BCUT2D eigenvalue weighted by Gasteiger charge is 2.57. The first-order valence-corrected chi connectivity index (χ1v) is 20.7. The van der Waals surface area contributed by atoms with Gasteiger partial charge in [-0.15, -0.1) is 0 Å². The summed E-state index contributed by atoms with van der Waals surface area (Å²) in [7, 11) is 1.14. The molecule has 2 heterocycles.